The number of amides is 1. The molecule has 6 nitrogen and oxygen atoms in total. The second-order valence-corrected chi connectivity index (χ2v) is 8.69. The second kappa shape index (κ2) is 7.24. The van der Waals surface area contributed by atoms with E-state index in [0.717, 1.165) is 26.1 Å². The molecule has 148 valence electrons. The number of aromatic amines is 1. The Morgan fingerprint density at radius 1 is 1.14 bits per heavy atom. The van der Waals surface area contributed by atoms with Gasteiger partial charge in [-0.25, -0.2) is 0 Å². The number of hydrogen-bond donors (Lipinski definition) is 1. The highest BCUT2D eigenvalue weighted by Crippen LogP contribution is 2.40. The van der Waals surface area contributed by atoms with E-state index in [1.165, 1.54) is 37.3 Å². The first-order valence-corrected chi connectivity index (χ1v) is 10.4. The molecular weight excluding hydrogens is 354 g/mol. The van der Waals surface area contributed by atoms with Crippen molar-refractivity contribution in [1.29, 1.82) is 0 Å². The van der Waals surface area contributed by atoms with E-state index in [2.05, 4.69) is 40.4 Å². The van der Waals surface area contributed by atoms with Crippen molar-refractivity contribution in [2.75, 3.05) is 19.6 Å². The van der Waals surface area contributed by atoms with Crippen LogP contribution >= 0.6 is 0 Å². The van der Waals surface area contributed by atoms with E-state index in [9.17, 15) is 9.59 Å². The van der Waals surface area contributed by atoms with Gasteiger partial charge in [-0.05, 0) is 43.1 Å². The number of likely N-dealkylation sites (tertiary alicyclic amines) is 1. The van der Waals surface area contributed by atoms with Crippen LogP contribution in [-0.4, -0.2) is 52.6 Å². The van der Waals surface area contributed by atoms with Crippen molar-refractivity contribution in [3.8, 4) is 0 Å². The van der Waals surface area contributed by atoms with Gasteiger partial charge in [0.15, 0.2) is 0 Å². The SMILES string of the molecule is O=C(c1cc(=O)[nH]o1)N1C[C@@H]2C[C@H](C1)[C@@H]1CCC[C@H](Cc3ccccc3)N1C2. The number of carbonyl (C=O) groups excluding carboxylic acids is 1. The first-order valence-electron chi connectivity index (χ1n) is 10.4. The van der Waals surface area contributed by atoms with Crippen LogP contribution in [0.3, 0.4) is 0 Å². The maximum absolute atomic E-state index is 12.8. The lowest BCUT2D eigenvalue weighted by atomic mass is 9.74. The minimum Gasteiger partial charge on any atom is -0.373 e. The van der Waals surface area contributed by atoms with E-state index in [1.54, 1.807) is 0 Å². The number of aromatic nitrogens is 1. The van der Waals surface area contributed by atoms with Crippen molar-refractivity contribution in [3.63, 3.8) is 0 Å². The lowest BCUT2D eigenvalue weighted by molar-refractivity contribution is -0.0504. The number of nitrogens with one attached hydrogen (secondary N) is 1. The highest BCUT2D eigenvalue weighted by molar-refractivity contribution is 5.91. The van der Waals surface area contributed by atoms with Gasteiger partial charge in [-0.1, -0.05) is 36.8 Å². The molecule has 0 unspecified atom stereocenters. The summed E-state index contributed by atoms with van der Waals surface area (Å²) in [5.41, 5.74) is 1.06. The van der Waals surface area contributed by atoms with Gasteiger partial charge in [-0.3, -0.25) is 14.5 Å². The third-order valence-electron chi connectivity index (χ3n) is 6.85. The predicted octanol–water partition coefficient (Wildman–Crippen LogP) is 2.53. The summed E-state index contributed by atoms with van der Waals surface area (Å²) in [5.74, 6) is 0.993. The topological polar surface area (TPSA) is 69.5 Å². The highest BCUT2D eigenvalue weighted by Gasteiger charge is 2.45. The summed E-state index contributed by atoms with van der Waals surface area (Å²) in [7, 11) is 0. The van der Waals surface area contributed by atoms with Crippen molar-refractivity contribution >= 4 is 5.91 Å². The van der Waals surface area contributed by atoms with E-state index in [-0.39, 0.29) is 17.2 Å². The van der Waals surface area contributed by atoms with Crippen LogP contribution in [0.25, 0.3) is 0 Å². The molecule has 5 rings (SSSR count). The third kappa shape index (κ3) is 3.30. The first kappa shape index (κ1) is 17.7. The Kier molecular flexibility index (Phi) is 4.59. The molecule has 4 atom stereocenters. The van der Waals surface area contributed by atoms with Gasteiger partial charge in [0, 0.05) is 31.7 Å². The van der Waals surface area contributed by atoms with Gasteiger partial charge in [-0.2, -0.15) is 5.16 Å². The van der Waals surface area contributed by atoms with Crippen molar-refractivity contribution in [1.82, 2.24) is 15.0 Å². The molecule has 0 spiro atoms. The van der Waals surface area contributed by atoms with Crippen LogP contribution in [0.4, 0.5) is 0 Å². The van der Waals surface area contributed by atoms with Crippen LogP contribution < -0.4 is 5.56 Å². The zero-order valence-electron chi connectivity index (χ0n) is 16.0. The standard InChI is InChI=1S/C22H27N3O3/c26-21-11-20(28-23-21)22(27)24-12-16-9-17(14-24)19-8-4-7-18(25(19)13-16)10-15-5-2-1-3-6-15/h1-3,5-6,11,16-19H,4,7-10,12-14H2,(H,23,26)/t16-,17+,18+,19-/m0/s1. The lowest BCUT2D eigenvalue weighted by Crippen LogP contribution is -2.62. The van der Waals surface area contributed by atoms with Crippen LogP contribution in [0.15, 0.2) is 45.7 Å². The Bertz CT molecular complexity index is 890. The number of H-pyrrole nitrogens is 1. The fraction of sp³-hybridized carbons (Fsp3) is 0.545. The van der Waals surface area contributed by atoms with E-state index >= 15 is 0 Å². The molecule has 2 aromatic rings. The Balaban J connectivity index is 1.31. The summed E-state index contributed by atoms with van der Waals surface area (Å²) in [6.45, 7) is 2.59. The number of rotatable bonds is 3. The Morgan fingerprint density at radius 2 is 2.00 bits per heavy atom. The highest BCUT2D eigenvalue weighted by atomic mass is 16.5. The Hall–Kier alpha value is -2.34. The van der Waals surface area contributed by atoms with Crippen molar-refractivity contribution in [2.24, 2.45) is 11.8 Å². The molecule has 6 heteroatoms. The molecule has 28 heavy (non-hydrogen) atoms. The summed E-state index contributed by atoms with van der Waals surface area (Å²) in [6.07, 6.45) is 6.08. The van der Waals surface area contributed by atoms with Crippen LogP contribution in [0.2, 0.25) is 0 Å². The summed E-state index contributed by atoms with van der Waals surface area (Å²) in [5, 5.41) is 2.23. The maximum atomic E-state index is 12.8. The number of carbonyl (C=O) groups is 1. The van der Waals surface area contributed by atoms with E-state index in [4.69, 9.17) is 4.52 Å². The average Bonchev–Trinajstić information content (AvgIpc) is 3.15. The van der Waals surface area contributed by atoms with Gasteiger partial charge in [0.25, 0.3) is 11.5 Å². The number of piperidine rings is 3. The molecule has 3 aliphatic heterocycles. The first-order chi connectivity index (χ1) is 13.7. The molecule has 0 saturated carbocycles. The molecule has 1 amide bonds. The fourth-order valence-corrected chi connectivity index (χ4v) is 5.73. The van der Waals surface area contributed by atoms with Gasteiger partial charge in [0.1, 0.15) is 0 Å². The van der Waals surface area contributed by atoms with Gasteiger partial charge >= 0.3 is 0 Å². The van der Waals surface area contributed by atoms with Crippen LogP contribution in [0.1, 0.15) is 41.8 Å². The summed E-state index contributed by atoms with van der Waals surface area (Å²) in [4.78, 5) is 28.8. The Labute approximate surface area is 164 Å². The fourth-order valence-electron chi connectivity index (χ4n) is 5.73. The predicted molar refractivity (Wildman–Crippen MR) is 105 cm³/mol. The summed E-state index contributed by atoms with van der Waals surface area (Å²) in [6, 6.07) is 13.2. The molecule has 1 N–H and O–H groups in total. The second-order valence-electron chi connectivity index (χ2n) is 8.69. The zero-order valence-corrected chi connectivity index (χ0v) is 16.0. The van der Waals surface area contributed by atoms with Gasteiger partial charge in [0.05, 0.1) is 6.07 Å². The number of hydrogen-bond acceptors (Lipinski definition) is 4. The molecule has 3 aliphatic rings. The van der Waals surface area contributed by atoms with E-state index in [1.807, 2.05) is 4.90 Å². The normalized spacial score (nSPS) is 30.1. The van der Waals surface area contributed by atoms with E-state index < -0.39 is 0 Å². The molecule has 3 fully saturated rings. The number of fused-ring (bicyclic) bond motifs is 4. The summed E-state index contributed by atoms with van der Waals surface area (Å²) >= 11 is 0. The third-order valence-corrected chi connectivity index (χ3v) is 6.85. The molecular formula is C22H27N3O3. The van der Waals surface area contributed by atoms with Crippen LogP contribution in [0.5, 0.6) is 0 Å². The minimum atomic E-state index is -0.359. The molecule has 2 bridgehead atoms. The lowest BCUT2D eigenvalue weighted by Gasteiger charge is -2.55. The quantitative estimate of drug-likeness (QED) is 0.887. The van der Waals surface area contributed by atoms with Gasteiger partial charge in [-0.15, -0.1) is 0 Å². The Morgan fingerprint density at radius 3 is 2.79 bits per heavy atom. The molecule has 4 heterocycles. The number of benzene rings is 1. The largest absolute Gasteiger partial charge is 0.373 e. The van der Waals surface area contributed by atoms with Crippen LogP contribution in [0, 0.1) is 11.8 Å². The molecule has 1 aromatic heterocycles. The van der Waals surface area contributed by atoms with E-state index in [0.29, 0.717) is 23.9 Å². The van der Waals surface area contributed by atoms with Crippen molar-refractivity contribution in [3.05, 3.63) is 58.1 Å². The average molecular weight is 381 g/mol. The molecule has 0 aliphatic carbocycles. The molecule has 0 radical (unpaired) electrons. The van der Waals surface area contributed by atoms with Crippen molar-refractivity contribution in [2.45, 2.75) is 44.2 Å². The van der Waals surface area contributed by atoms with Gasteiger partial charge < -0.3 is 9.42 Å². The maximum Gasteiger partial charge on any atom is 0.292 e. The monoisotopic (exact) mass is 381 g/mol. The van der Waals surface area contributed by atoms with Crippen molar-refractivity contribution < 1.29 is 9.32 Å². The number of nitrogens with zero attached hydrogens (tertiary/aromatic N) is 2. The zero-order chi connectivity index (χ0) is 19.1. The van der Waals surface area contributed by atoms with Crippen LogP contribution in [-0.2, 0) is 6.42 Å². The minimum absolute atomic E-state index is 0.132. The summed E-state index contributed by atoms with van der Waals surface area (Å²) < 4.78 is 5.05. The van der Waals surface area contributed by atoms with Gasteiger partial charge in [0.2, 0.25) is 5.76 Å². The molecule has 3 saturated heterocycles. The molecule has 1 aromatic carbocycles. The smallest absolute Gasteiger partial charge is 0.292 e.